The van der Waals surface area contributed by atoms with E-state index >= 15 is 0 Å². The molecule has 2 heterocycles. The van der Waals surface area contributed by atoms with Gasteiger partial charge >= 0.3 is 0 Å². The van der Waals surface area contributed by atoms with Crippen LogP contribution < -0.4 is 21.1 Å². The van der Waals surface area contributed by atoms with Gasteiger partial charge in [-0.25, -0.2) is 14.6 Å². The number of nitrogens with two attached hydrogens (primary N) is 1. The Kier molecular flexibility index (Phi) is 7.32. The fourth-order valence-electron chi connectivity index (χ4n) is 4.93. The summed E-state index contributed by atoms with van der Waals surface area (Å²) in [6, 6.07) is 17.5. The molecule has 0 spiro atoms. The molecule has 1 amide bonds. The van der Waals surface area contributed by atoms with Crippen LogP contribution in [0.15, 0.2) is 60.8 Å². The third-order valence-electron chi connectivity index (χ3n) is 7.04. The molecule has 0 saturated heterocycles. The number of hydrogen-bond acceptors (Lipinski definition) is 7. The Balaban J connectivity index is 1.31. The molecule has 2 aromatic carbocycles. The van der Waals surface area contributed by atoms with Crippen molar-refractivity contribution >= 4 is 22.8 Å². The topological polar surface area (TPSA) is 120 Å². The Morgan fingerprint density at radius 2 is 1.76 bits per heavy atom. The van der Waals surface area contributed by atoms with Crippen LogP contribution in [0.4, 0.5) is 5.82 Å². The normalized spacial score (nSPS) is 18.4. The van der Waals surface area contributed by atoms with Gasteiger partial charge in [-0.3, -0.25) is 4.79 Å². The van der Waals surface area contributed by atoms with Crippen molar-refractivity contribution in [3.63, 3.8) is 0 Å². The largest absolute Gasteiger partial charge is 0.457 e. The third kappa shape index (κ3) is 5.41. The lowest BCUT2D eigenvalue weighted by Crippen LogP contribution is -2.47. The van der Waals surface area contributed by atoms with E-state index in [0.29, 0.717) is 11.6 Å². The van der Waals surface area contributed by atoms with Gasteiger partial charge in [-0.15, -0.1) is 0 Å². The molecule has 1 aliphatic carbocycles. The molecule has 1 atom stereocenters. The second kappa shape index (κ2) is 11.0. The molecular weight excluding hydrogens is 466 g/mol. The summed E-state index contributed by atoms with van der Waals surface area (Å²) in [7, 11) is 1.82. The first-order chi connectivity index (χ1) is 18.1. The third-order valence-corrected chi connectivity index (χ3v) is 7.04. The highest BCUT2D eigenvalue weighted by Crippen LogP contribution is 2.32. The average Bonchev–Trinajstić information content (AvgIpc) is 3.35. The van der Waals surface area contributed by atoms with Gasteiger partial charge in [-0.2, -0.15) is 5.10 Å². The van der Waals surface area contributed by atoms with E-state index in [0.717, 1.165) is 60.2 Å². The maximum absolute atomic E-state index is 12.5. The first-order valence-electron chi connectivity index (χ1n) is 12.9. The predicted octanol–water partition coefficient (Wildman–Crippen LogP) is 4.47. The van der Waals surface area contributed by atoms with Gasteiger partial charge in [-0.05, 0) is 75.5 Å². The number of carbonyl (C=O) groups excluding carboxylic acids is 1. The molecule has 0 bridgehead atoms. The van der Waals surface area contributed by atoms with Gasteiger partial charge in [0.15, 0.2) is 11.5 Å². The molecule has 1 saturated carbocycles. The van der Waals surface area contributed by atoms with Gasteiger partial charge in [0.25, 0.3) is 0 Å². The van der Waals surface area contributed by atoms with Crippen molar-refractivity contribution < 1.29 is 9.53 Å². The molecule has 4 N–H and O–H groups in total. The van der Waals surface area contributed by atoms with E-state index in [1.165, 1.54) is 0 Å². The summed E-state index contributed by atoms with van der Waals surface area (Å²) in [5.41, 5.74) is 7.91. The quantitative estimate of drug-likeness (QED) is 0.327. The molecule has 192 valence electrons. The molecule has 4 aromatic rings. The van der Waals surface area contributed by atoms with Crippen LogP contribution >= 0.6 is 0 Å². The number of nitrogen functional groups attached to an aromatic ring is 1. The van der Waals surface area contributed by atoms with E-state index in [1.54, 1.807) is 6.20 Å². The van der Waals surface area contributed by atoms with Crippen LogP contribution in [0.25, 0.3) is 22.4 Å². The summed E-state index contributed by atoms with van der Waals surface area (Å²) in [5.74, 6) is 2.55. The Morgan fingerprint density at radius 3 is 2.43 bits per heavy atom. The van der Waals surface area contributed by atoms with Gasteiger partial charge in [0, 0.05) is 11.6 Å². The van der Waals surface area contributed by atoms with Crippen molar-refractivity contribution in [3.8, 4) is 22.9 Å². The zero-order valence-electron chi connectivity index (χ0n) is 21.2. The molecule has 0 unspecified atom stereocenters. The summed E-state index contributed by atoms with van der Waals surface area (Å²) < 4.78 is 7.87. The second-order valence-corrected chi connectivity index (χ2v) is 9.46. The number of anilines is 1. The number of amides is 1. The summed E-state index contributed by atoms with van der Waals surface area (Å²) in [6.07, 6.45) is 6.12. The zero-order chi connectivity index (χ0) is 25.8. The summed E-state index contributed by atoms with van der Waals surface area (Å²) >= 11 is 0. The Hall–Kier alpha value is -3.98. The molecule has 1 fully saturated rings. The van der Waals surface area contributed by atoms with Crippen LogP contribution in [-0.4, -0.2) is 44.8 Å². The predicted molar refractivity (Wildman–Crippen MR) is 144 cm³/mol. The highest BCUT2D eigenvalue weighted by Gasteiger charge is 2.27. The molecule has 2 aromatic heterocycles. The van der Waals surface area contributed by atoms with E-state index in [4.69, 9.17) is 15.5 Å². The molecule has 9 heteroatoms. The van der Waals surface area contributed by atoms with Gasteiger partial charge < -0.3 is 21.1 Å². The monoisotopic (exact) mass is 499 g/mol. The minimum absolute atomic E-state index is 0.0725. The van der Waals surface area contributed by atoms with E-state index in [-0.39, 0.29) is 24.0 Å². The second-order valence-electron chi connectivity index (χ2n) is 9.46. The minimum atomic E-state index is -0.148. The number of ether oxygens (including phenoxy) is 1. The Bertz CT molecular complexity index is 1340. The Morgan fingerprint density at radius 1 is 1.05 bits per heavy atom. The average molecular weight is 500 g/mol. The lowest BCUT2D eigenvalue weighted by atomic mass is 9.91. The molecule has 1 aliphatic rings. The van der Waals surface area contributed by atoms with Crippen molar-refractivity contribution in [2.24, 2.45) is 0 Å². The van der Waals surface area contributed by atoms with E-state index in [1.807, 2.05) is 73.3 Å². The van der Waals surface area contributed by atoms with Crippen molar-refractivity contribution in [1.82, 2.24) is 30.4 Å². The number of aromatic nitrogens is 4. The summed E-state index contributed by atoms with van der Waals surface area (Å²) in [4.78, 5) is 21.8. The highest BCUT2D eigenvalue weighted by molar-refractivity contribution is 5.87. The number of hydrogen-bond donors (Lipinski definition) is 3. The van der Waals surface area contributed by atoms with Crippen molar-refractivity contribution in [2.75, 3.05) is 12.8 Å². The molecule has 5 rings (SSSR count). The lowest BCUT2D eigenvalue weighted by molar-refractivity contribution is -0.124. The summed E-state index contributed by atoms with van der Waals surface area (Å²) in [6.45, 7) is 2.01. The molecule has 37 heavy (non-hydrogen) atoms. The number of carbonyl (C=O) groups is 1. The van der Waals surface area contributed by atoms with Gasteiger partial charge in [0.1, 0.15) is 17.3 Å². The van der Waals surface area contributed by atoms with Gasteiger partial charge in [0.2, 0.25) is 5.91 Å². The smallest absolute Gasteiger partial charge is 0.237 e. The maximum atomic E-state index is 12.5. The standard InChI is InChI=1S/C28H33N7O2/c1-3-24(30-2)28(36)32-19-11-13-20(14-12-19)35-27-23(17-31-35)25(29)33-26(34-27)18-9-15-22(16-10-18)37-21-7-5-4-6-8-21/h4-10,15-17,19-20,24,30H,3,11-14H2,1-2H3,(H,32,36)(H2,29,33,34)/t19?,20?,24-/m0/s1. The van der Waals surface area contributed by atoms with Gasteiger partial charge in [0.05, 0.1) is 23.7 Å². The highest BCUT2D eigenvalue weighted by atomic mass is 16.5. The molecule has 0 aliphatic heterocycles. The first-order valence-corrected chi connectivity index (χ1v) is 12.9. The fourth-order valence-corrected chi connectivity index (χ4v) is 4.93. The number of fused-ring (bicyclic) bond motifs is 1. The van der Waals surface area contributed by atoms with Crippen LogP contribution in [-0.2, 0) is 4.79 Å². The first kappa shape index (κ1) is 24.7. The van der Waals surface area contributed by atoms with E-state index in [2.05, 4.69) is 20.7 Å². The Labute approximate surface area is 216 Å². The number of benzene rings is 2. The van der Waals surface area contributed by atoms with Gasteiger partial charge in [-0.1, -0.05) is 25.1 Å². The van der Waals surface area contributed by atoms with Crippen molar-refractivity contribution in [2.45, 2.75) is 57.2 Å². The van der Waals surface area contributed by atoms with Crippen molar-refractivity contribution in [1.29, 1.82) is 0 Å². The van der Waals surface area contributed by atoms with Crippen LogP contribution in [0.5, 0.6) is 11.5 Å². The summed E-state index contributed by atoms with van der Waals surface area (Å²) in [5, 5.41) is 11.7. The number of nitrogens with zero attached hydrogens (tertiary/aromatic N) is 4. The zero-order valence-corrected chi connectivity index (χ0v) is 21.2. The number of likely N-dealkylation sites (N-methyl/N-ethyl adjacent to an activating group) is 1. The maximum Gasteiger partial charge on any atom is 0.237 e. The van der Waals surface area contributed by atoms with Crippen LogP contribution in [0, 0.1) is 0 Å². The van der Waals surface area contributed by atoms with E-state index < -0.39 is 0 Å². The van der Waals surface area contributed by atoms with Crippen LogP contribution in [0.1, 0.15) is 45.1 Å². The number of rotatable bonds is 8. The van der Waals surface area contributed by atoms with Crippen LogP contribution in [0.3, 0.4) is 0 Å². The minimum Gasteiger partial charge on any atom is -0.457 e. The van der Waals surface area contributed by atoms with E-state index in [9.17, 15) is 4.79 Å². The number of para-hydroxylation sites is 1. The molecule has 0 radical (unpaired) electrons. The molecular formula is C28H33N7O2. The SMILES string of the molecule is CC[C@H](NC)C(=O)NC1CCC(n2ncc3c(N)nc(-c4ccc(Oc5ccccc5)cc4)nc32)CC1. The fraction of sp³-hybridized carbons (Fsp3) is 0.357. The van der Waals surface area contributed by atoms with Crippen LogP contribution in [0.2, 0.25) is 0 Å². The van der Waals surface area contributed by atoms with Crippen molar-refractivity contribution in [3.05, 3.63) is 60.8 Å². The molecule has 9 nitrogen and oxygen atoms in total. The lowest BCUT2D eigenvalue weighted by Gasteiger charge is -2.30. The number of nitrogens with one attached hydrogen (secondary N) is 2.